The molecule has 0 aliphatic heterocycles. The third-order valence-electron chi connectivity index (χ3n) is 4.07. The number of ether oxygens (including phenoxy) is 1. The number of hydrazone groups is 1. The number of hydrogen-bond acceptors (Lipinski definition) is 6. The van der Waals surface area contributed by atoms with Crippen LogP contribution in [0.1, 0.15) is 18.2 Å². The monoisotopic (exact) mass is 393 g/mol. The summed E-state index contributed by atoms with van der Waals surface area (Å²) in [5.74, 6) is 1.17. The predicted molar refractivity (Wildman–Crippen MR) is 108 cm³/mol. The van der Waals surface area contributed by atoms with Gasteiger partial charge in [-0.25, -0.2) is 5.43 Å². The summed E-state index contributed by atoms with van der Waals surface area (Å²) in [6.45, 7) is 1.91. The van der Waals surface area contributed by atoms with Crippen LogP contribution in [0.3, 0.4) is 0 Å². The molecule has 0 radical (unpaired) electrons. The van der Waals surface area contributed by atoms with Crippen LogP contribution in [0.25, 0.3) is 11.3 Å². The van der Waals surface area contributed by atoms with Crippen LogP contribution < -0.4 is 10.2 Å². The molecule has 0 bridgehead atoms. The van der Waals surface area contributed by atoms with Gasteiger partial charge in [-0.2, -0.15) is 5.10 Å². The standard InChI is InChI=1S/C21H19N3O5/c1-2-15-3-9-18(10-4-15)28-14-21(25)23-22-13-19-11-12-20(29-19)16-5-7-17(8-6-16)24(26)27/h3-13H,2,14H2,1H3,(H,23,25)/b22-13-. The Morgan fingerprint density at radius 1 is 1.14 bits per heavy atom. The minimum absolute atomic E-state index is 0.00771. The van der Waals surface area contributed by atoms with E-state index in [-0.39, 0.29) is 12.3 Å². The number of carbonyl (C=O) groups excluding carboxylic acids is 1. The Morgan fingerprint density at radius 2 is 1.86 bits per heavy atom. The van der Waals surface area contributed by atoms with Gasteiger partial charge >= 0.3 is 0 Å². The summed E-state index contributed by atoms with van der Waals surface area (Å²) in [5, 5.41) is 14.5. The first-order valence-electron chi connectivity index (χ1n) is 8.93. The number of non-ortho nitro benzene ring substituents is 1. The molecular weight excluding hydrogens is 374 g/mol. The molecule has 1 amide bonds. The summed E-state index contributed by atoms with van der Waals surface area (Å²) < 4.78 is 11.0. The molecular formula is C21H19N3O5. The average molecular weight is 393 g/mol. The second kappa shape index (κ2) is 9.32. The van der Waals surface area contributed by atoms with Crippen LogP contribution in [0.2, 0.25) is 0 Å². The molecule has 1 heterocycles. The Bertz CT molecular complexity index is 1010. The van der Waals surface area contributed by atoms with E-state index in [1.807, 2.05) is 24.3 Å². The molecule has 8 nitrogen and oxygen atoms in total. The SMILES string of the molecule is CCc1ccc(OCC(=O)N/N=C\c2ccc(-c3ccc([N+](=O)[O-])cc3)o2)cc1. The maximum absolute atomic E-state index is 11.8. The van der Waals surface area contributed by atoms with Crippen LogP contribution in [0.5, 0.6) is 5.75 Å². The van der Waals surface area contributed by atoms with E-state index in [0.717, 1.165) is 6.42 Å². The lowest BCUT2D eigenvalue weighted by Crippen LogP contribution is -2.24. The van der Waals surface area contributed by atoms with Gasteiger partial charge in [0.05, 0.1) is 11.1 Å². The number of nitro groups is 1. The molecule has 0 atom stereocenters. The maximum Gasteiger partial charge on any atom is 0.277 e. The van der Waals surface area contributed by atoms with Crippen molar-refractivity contribution in [3.63, 3.8) is 0 Å². The van der Waals surface area contributed by atoms with Crippen LogP contribution in [0.15, 0.2) is 70.2 Å². The molecule has 0 aliphatic rings. The van der Waals surface area contributed by atoms with Gasteiger partial charge in [-0.1, -0.05) is 19.1 Å². The van der Waals surface area contributed by atoms with Gasteiger partial charge in [-0.15, -0.1) is 0 Å². The highest BCUT2D eigenvalue weighted by Gasteiger charge is 2.08. The van der Waals surface area contributed by atoms with E-state index in [2.05, 4.69) is 17.5 Å². The highest BCUT2D eigenvalue weighted by molar-refractivity contribution is 5.81. The summed E-state index contributed by atoms with van der Waals surface area (Å²) in [7, 11) is 0. The topological polar surface area (TPSA) is 107 Å². The second-order valence-electron chi connectivity index (χ2n) is 6.09. The molecule has 0 saturated heterocycles. The third-order valence-corrected chi connectivity index (χ3v) is 4.07. The van der Waals surface area contributed by atoms with Gasteiger partial charge in [-0.05, 0) is 48.4 Å². The zero-order chi connectivity index (χ0) is 20.6. The lowest BCUT2D eigenvalue weighted by atomic mass is 10.1. The van der Waals surface area contributed by atoms with Gasteiger partial charge in [-0.3, -0.25) is 14.9 Å². The molecule has 0 saturated carbocycles. The lowest BCUT2D eigenvalue weighted by Gasteiger charge is -2.05. The Labute approximate surface area is 167 Å². The highest BCUT2D eigenvalue weighted by atomic mass is 16.6. The fourth-order valence-corrected chi connectivity index (χ4v) is 2.50. The van der Waals surface area contributed by atoms with Crippen molar-refractivity contribution in [3.05, 3.63) is 82.1 Å². The largest absolute Gasteiger partial charge is 0.484 e. The first kappa shape index (κ1) is 19.8. The van der Waals surface area contributed by atoms with E-state index >= 15 is 0 Å². The molecule has 0 fully saturated rings. The molecule has 3 aromatic rings. The van der Waals surface area contributed by atoms with Gasteiger partial charge in [0.25, 0.3) is 11.6 Å². The van der Waals surface area contributed by atoms with Crippen molar-refractivity contribution in [2.45, 2.75) is 13.3 Å². The van der Waals surface area contributed by atoms with Crippen molar-refractivity contribution in [1.82, 2.24) is 5.43 Å². The van der Waals surface area contributed by atoms with E-state index in [1.54, 1.807) is 24.3 Å². The summed E-state index contributed by atoms with van der Waals surface area (Å²) in [6, 6.07) is 16.9. The first-order chi connectivity index (χ1) is 14.0. The van der Waals surface area contributed by atoms with Crippen molar-refractivity contribution in [1.29, 1.82) is 0 Å². The maximum atomic E-state index is 11.8. The molecule has 29 heavy (non-hydrogen) atoms. The molecule has 1 aromatic heterocycles. The normalized spacial score (nSPS) is 10.8. The van der Waals surface area contributed by atoms with E-state index < -0.39 is 10.8 Å². The molecule has 0 aliphatic carbocycles. The van der Waals surface area contributed by atoms with Crippen molar-refractivity contribution in [3.8, 4) is 17.1 Å². The minimum atomic E-state index is -0.462. The van der Waals surface area contributed by atoms with E-state index in [4.69, 9.17) is 9.15 Å². The van der Waals surface area contributed by atoms with Crippen molar-refractivity contribution < 1.29 is 18.9 Å². The molecule has 0 spiro atoms. The Balaban J connectivity index is 1.50. The van der Waals surface area contributed by atoms with Crippen molar-refractivity contribution >= 4 is 17.8 Å². The molecule has 8 heteroatoms. The van der Waals surface area contributed by atoms with Gasteiger partial charge in [0.15, 0.2) is 6.61 Å². The Kier molecular flexibility index (Phi) is 6.36. The fraction of sp³-hybridized carbons (Fsp3) is 0.143. The van der Waals surface area contributed by atoms with Crippen molar-refractivity contribution in [2.24, 2.45) is 5.10 Å². The molecule has 0 unspecified atom stereocenters. The molecule has 3 rings (SSSR count). The van der Waals surface area contributed by atoms with Gasteiger partial charge in [0, 0.05) is 17.7 Å². The number of carbonyl (C=O) groups is 1. The van der Waals surface area contributed by atoms with Crippen LogP contribution in [0, 0.1) is 10.1 Å². The number of amides is 1. The highest BCUT2D eigenvalue weighted by Crippen LogP contribution is 2.24. The first-order valence-corrected chi connectivity index (χ1v) is 8.93. The Hall–Kier alpha value is -3.94. The lowest BCUT2D eigenvalue weighted by molar-refractivity contribution is -0.384. The molecule has 148 valence electrons. The molecule has 2 aromatic carbocycles. The number of aryl methyl sites for hydroxylation is 1. The van der Waals surface area contributed by atoms with Gasteiger partial charge in [0.2, 0.25) is 0 Å². The number of hydrogen-bond donors (Lipinski definition) is 1. The number of furan rings is 1. The van der Waals surface area contributed by atoms with Gasteiger partial charge in [0.1, 0.15) is 17.3 Å². The number of nitrogens with one attached hydrogen (secondary N) is 1. The second-order valence-corrected chi connectivity index (χ2v) is 6.09. The number of nitro benzene ring substituents is 1. The zero-order valence-electron chi connectivity index (χ0n) is 15.7. The average Bonchev–Trinajstić information content (AvgIpc) is 3.21. The number of nitrogens with zero attached hydrogens (tertiary/aromatic N) is 2. The summed E-state index contributed by atoms with van der Waals surface area (Å²) >= 11 is 0. The fourth-order valence-electron chi connectivity index (χ4n) is 2.50. The number of benzene rings is 2. The van der Waals surface area contributed by atoms with Crippen LogP contribution >= 0.6 is 0 Å². The summed E-state index contributed by atoms with van der Waals surface area (Å²) in [5.41, 5.74) is 4.26. The van der Waals surface area contributed by atoms with Gasteiger partial charge < -0.3 is 9.15 Å². The quantitative estimate of drug-likeness (QED) is 0.354. The predicted octanol–water partition coefficient (Wildman–Crippen LogP) is 3.95. The van der Waals surface area contributed by atoms with Crippen LogP contribution in [0.4, 0.5) is 5.69 Å². The van der Waals surface area contributed by atoms with Crippen LogP contribution in [-0.4, -0.2) is 23.7 Å². The zero-order valence-corrected chi connectivity index (χ0v) is 15.7. The van der Waals surface area contributed by atoms with Crippen molar-refractivity contribution in [2.75, 3.05) is 6.61 Å². The summed E-state index contributed by atoms with van der Waals surface area (Å²) in [6.07, 6.45) is 2.30. The molecule has 1 N–H and O–H groups in total. The summed E-state index contributed by atoms with van der Waals surface area (Å²) in [4.78, 5) is 22.0. The van der Waals surface area contributed by atoms with Crippen LogP contribution in [-0.2, 0) is 11.2 Å². The Morgan fingerprint density at radius 3 is 2.52 bits per heavy atom. The van der Waals surface area contributed by atoms with E-state index in [9.17, 15) is 14.9 Å². The smallest absolute Gasteiger partial charge is 0.277 e. The number of rotatable bonds is 8. The van der Waals surface area contributed by atoms with E-state index in [1.165, 1.54) is 23.9 Å². The van der Waals surface area contributed by atoms with E-state index in [0.29, 0.717) is 22.8 Å². The third kappa shape index (κ3) is 5.52. The minimum Gasteiger partial charge on any atom is -0.484 e.